The van der Waals surface area contributed by atoms with E-state index in [9.17, 15) is 0 Å². The van der Waals surface area contributed by atoms with Crippen molar-refractivity contribution in [3.05, 3.63) is 0 Å². The van der Waals surface area contributed by atoms with Gasteiger partial charge in [0.1, 0.15) is 0 Å². The van der Waals surface area contributed by atoms with Gasteiger partial charge in [0.05, 0.1) is 18.4 Å². The summed E-state index contributed by atoms with van der Waals surface area (Å²) in [6.07, 6.45) is 12.3. The highest BCUT2D eigenvalue weighted by Gasteiger charge is 2.28. The Morgan fingerprint density at radius 1 is 0.950 bits per heavy atom. The highest BCUT2D eigenvalue weighted by molar-refractivity contribution is 5.89. The average Bonchev–Trinajstić information content (AvgIpc) is 2.55. The molecule has 2 heterocycles. The lowest BCUT2D eigenvalue weighted by Gasteiger charge is -2.37. The second-order valence-electron chi connectivity index (χ2n) is 6.34. The van der Waals surface area contributed by atoms with Crippen LogP contribution in [0.1, 0.15) is 64.2 Å². The van der Waals surface area contributed by atoms with Crippen molar-refractivity contribution in [1.29, 1.82) is 0 Å². The molecule has 0 aromatic rings. The number of rotatable bonds is 3. The molecular formula is C16H28N2O2. The van der Waals surface area contributed by atoms with Gasteiger partial charge in [-0.15, -0.1) is 0 Å². The SMILES string of the molecule is C1CCN(C2CCCCC2=NOC2CCCCO2)CC1. The topological polar surface area (TPSA) is 34.1 Å². The standard InChI is InChI=1S/C16H28N2O2/c1-5-11-18(12-6-1)15-9-3-2-8-14(15)17-20-16-10-4-7-13-19-16/h15-16H,1-13H2. The Morgan fingerprint density at radius 2 is 1.80 bits per heavy atom. The van der Waals surface area contributed by atoms with E-state index in [2.05, 4.69) is 10.1 Å². The zero-order valence-corrected chi connectivity index (χ0v) is 12.6. The van der Waals surface area contributed by atoms with Crippen molar-refractivity contribution in [1.82, 2.24) is 4.90 Å². The van der Waals surface area contributed by atoms with Gasteiger partial charge in [-0.1, -0.05) is 18.0 Å². The van der Waals surface area contributed by atoms with Crippen LogP contribution >= 0.6 is 0 Å². The Kier molecular flexibility index (Phi) is 5.31. The highest BCUT2D eigenvalue weighted by atomic mass is 16.8. The van der Waals surface area contributed by atoms with Gasteiger partial charge in [-0.05, 0) is 58.0 Å². The van der Waals surface area contributed by atoms with E-state index in [0.29, 0.717) is 6.04 Å². The fourth-order valence-corrected chi connectivity index (χ4v) is 3.63. The average molecular weight is 280 g/mol. The summed E-state index contributed by atoms with van der Waals surface area (Å²) in [4.78, 5) is 8.31. The molecule has 2 atom stereocenters. The van der Waals surface area contributed by atoms with E-state index in [1.54, 1.807) is 0 Å². The van der Waals surface area contributed by atoms with Crippen LogP contribution in [0.2, 0.25) is 0 Å². The van der Waals surface area contributed by atoms with Crippen molar-refractivity contribution < 1.29 is 9.57 Å². The number of hydrogen-bond acceptors (Lipinski definition) is 4. The molecule has 4 nitrogen and oxygen atoms in total. The molecule has 0 radical (unpaired) electrons. The first-order valence-corrected chi connectivity index (χ1v) is 8.52. The number of nitrogens with zero attached hydrogens (tertiary/aromatic N) is 2. The first kappa shape index (κ1) is 14.3. The van der Waals surface area contributed by atoms with Crippen LogP contribution in [-0.4, -0.2) is 42.6 Å². The van der Waals surface area contributed by atoms with Gasteiger partial charge in [0, 0.05) is 6.42 Å². The zero-order valence-electron chi connectivity index (χ0n) is 12.6. The van der Waals surface area contributed by atoms with E-state index in [-0.39, 0.29) is 6.29 Å². The van der Waals surface area contributed by atoms with Gasteiger partial charge in [0.15, 0.2) is 0 Å². The highest BCUT2D eigenvalue weighted by Crippen LogP contribution is 2.24. The van der Waals surface area contributed by atoms with Crippen LogP contribution in [0.3, 0.4) is 0 Å². The fourth-order valence-electron chi connectivity index (χ4n) is 3.63. The molecule has 0 N–H and O–H groups in total. The van der Waals surface area contributed by atoms with Gasteiger partial charge in [-0.2, -0.15) is 0 Å². The lowest BCUT2D eigenvalue weighted by atomic mass is 9.91. The Labute approximate surface area is 122 Å². The van der Waals surface area contributed by atoms with Crippen molar-refractivity contribution in [2.45, 2.75) is 76.5 Å². The third kappa shape index (κ3) is 3.73. The summed E-state index contributed by atoms with van der Waals surface area (Å²) in [6, 6.07) is 0.535. The lowest BCUT2D eigenvalue weighted by Crippen LogP contribution is -2.45. The molecule has 3 fully saturated rings. The van der Waals surface area contributed by atoms with E-state index >= 15 is 0 Å². The molecule has 1 saturated carbocycles. The van der Waals surface area contributed by atoms with E-state index in [4.69, 9.17) is 9.57 Å². The number of hydrogen-bond donors (Lipinski definition) is 0. The maximum absolute atomic E-state index is 5.68. The summed E-state index contributed by atoms with van der Waals surface area (Å²) in [5.74, 6) is 0. The van der Waals surface area contributed by atoms with Gasteiger partial charge in [-0.3, -0.25) is 4.90 Å². The summed E-state index contributed by atoms with van der Waals surface area (Å²) in [5.41, 5.74) is 1.27. The minimum atomic E-state index is -0.0971. The molecule has 2 unspecified atom stereocenters. The molecule has 1 aliphatic carbocycles. The van der Waals surface area contributed by atoms with E-state index < -0.39 is 0 Å². The molecule has 0 spiro atoms. The van der Waals surface area contributed by atoms with Gasteiger partial charge in [0.2, 0.25) is 6.29 Å². The normalized spacial score (nSPS) is 35.1. The lowest BCUT2D eigenvalue weighted by molar-refractivity contribution is -0.162. The van der Waals surface area contributed by atoms with Crippen LogP contribution in [0.4, 0.5) is 0 Å². The monoisotopic (exact) mass is 280 g/mol. The second kappa shape index (κ2) is 7.41. The Balaban J connectivity index is 1.58. The number of likely N-dealkylation sites (tertiary alicyclic amines) is 1. The quantitative estimate of drug-likeness (QED) is 0.744. The second-order valence-corrected chi connectivity index (χ2v) is 6.34. The predicted molar refractivity (Wildman–Crippen MR) is 79.8 cm³/mol. The molecule has 3 aliphatic rings. The van der Waals surface area contributed by atoms with Crippen LogP contribution in [0.15, 0.2) is 5.16 Å². The van der Waals surface area contributed by atoms with Crippen LogP contribution in [0.5, 0.6) is 0 Å². The molecule has 0 aromatic carbocycles. The minimum absolute atomic E-state index is 0.0971. The van der Waals surface area contributed by atoms with E-state index in [1.165, 1.54) is 63.7 Å². The maximum Gasteiger partial charge on any atom is 0.226 e. The first-order valence-electron chi connectivity index (χ1n) is 8.52. The van der Waals surface area contributed by atoms with Crippen LogP contribution in [0.25, 0.3) is 0 Å². The molecule has 20 heavy (non-hydrogen) atoms. The van der Waals surface area contributed by atoms with Crippen LogP contribution in [0, 0.1) is 0 Å². The van der Waals surface area contributed by atoms with Crippen molar-refractivity contribution in [2.75, 3.05) is 19.7 Å². The molecular weight excluding hydrogens is 252 g/mol. The summed E-state index contributed by atoms with van der Waals surface area (Å²) in [5, 5.41) is 4.51. The number of ether oxygens (including phenoxy) is 1. The molecule has 114 valence electrons. The van der Waals surface area contributed by atoms with Crippen molar-refractivity contribution in [3.8, 4) is 0 Å². The summed E-state index contributed by atoms with van der Waals surface area (Å²) in [7, 11) is 0. The predicted octanol–water partition coefficient (Wildman–Crippen LogP) is 3.31. The van der Waals surface area contributed by atoms with Crippen LogP contribution < -0.4 is 0 Å². The number of oxime groups is 1. The molecule has 0 amide bonds. The van der Waals surface area contributed by atoms with E-state index in [0.717, 1.165) is 25.9 Å². The first-order chi connectivity index (χ1) is 9.93. The minimum Gasteiger partial charge on any atom is -0.364 e. The van der Waals surface area contributed by atoms with Gasteiger partial charge in [-0.25, -0.2) is 0 Å². The molecule has 0 aromatic heterocycles. The number of piperidine rings is 1. The third-order valence-electron chi connectivity index (χ3n) is 4.80. The van der Waals surface area contributed by atoms with Gasteiger partial charge in [0.25, 0.3) is 0 Å². The Morgan fingerprint density at radius 3 is 2.60 bits per heavy atom. The third-order valence-corrected chi connectivity index (χ3v) is 4.80. The molecule has 3 rings (SSSR count). The van der Waals surface area contributed by atoms with Gasteiger partial charge < -0.3 is 9.57 Å². The summed E-state index contributed by atoms with van der Waals surface area (Å²) >= 11 is 0. The smallest absolute Gasteiger partial charge is 0.226 e. The van der Waals surface area contributed by atoms with Crippen molar-refractivity contribution >= 4 is 5.71 Å². The molecule has 0 bridgehead atoms. The largest absolute Gasteiger partial charge is 0.364 e. The fraction of sp³-hybridized carbons (Fsp3) is 0.938. The Bertz CT molecular complexity index is 320. The maximum atomic E-state index is 5.68. The summed E-state index contributed by atoms with van der Waals surface area (Å²) in [6.45, 7) is 3.30. The Hall–Kier alpha value is -0.610. The molecule has 2 saturated heterocycles. The molecule has 2 aliphatic heterocycles. The van der Waals surface area contributed by atoms with Crippen molar-refractivity contribution in [3.63, 3.8) is 0 Å². The zero-order chi connectivity index (χ0) is 13.6. The van der Waals surface area contributed by atoms with Crippen LogP contribution in [-0.2, 0) is 9.57 Å². The van der Waals surface area contributed by atoms with Gasteiger partial charge >= 0.3 is 0 Å². The van der Waals surface area contributed by atoms with Crippen molar-refractivity contribution in [2.24, 2.45) is 5.16 Å². The molecule has 4 heteroatoms. The van der Waals surface area contributed by atoms with E-state index in [1.807, 2.05) is 0 Å². The summed E-state index contributed by atoms with van der Waals surface area (Å²) < 4.78 is 5.61.